The van der Waals surface area contributed by atoms with Crippen LogP contribution in [0.25, 0.3) is 0 Å². The fourth-order valence-electron chi connectivity index (χ4n) is 2.03. The lowest BCUT2D eigenvalue weighted by Gasteiger charge is -2.06. The number of carbonyl (C=O) groups is 1. The molecule has 0 unspecified atom stereocenters. The van der Waals surface area contributed by atoms with Gasteiger partial charge in [0.05, 0.1) is 22.3 Å². The quantitative estimate of drug-likeness (QED) is 0.795. The molecule has 0 amide bonds. The zero-order chi connectivity index (χ0) is 16.2. The second-order valence-electron chi connectivity index (χ2n) is 4.87. The number of Topliss-reactive ketones (excluding diaryl/α,β-unsaturated/α-hetero) is 1. The minimum absolute atomic E-state index is 0.0176. The molecule has 0 saturated heterocycles. The van der Waals surface area contributed by atoms with Crippen molar-refractivity contribution in [2.75, 3.05) is 0 Å². The van der Waals surface area contributed by atoms with Crippen molar-refractivity contribution in [3.63, 3.8) is 0 Å². The van der Waals surface area contributed by atoms with E-state index in [1.54, 1.807) is 31.2 Å². The fourth-order valence-corrected chi connectivity index (χ4v) is 3.38. The van der Waals surface area contributed by atoms with E-state index in [-0.39, 0.29) is 16.4 Å². The van der Waals surface area contributed by atoms with E-state index in [4.69, 9.17) is 5.26 Å². The monoisotopic (exact) mass is 313 g/mol. The van der Waals surface area contributed by atoms with Gasteiger partial charge in [0.1, 0.15) is 0 Å². The molecule has 0 saturated carbocycles. The van der Waals surface area contributed by atoms with Gasteiger partial charge >= 0.3 is 0 Å². The number of sulfone groups is 1. The predicted octanol–water partition coefficient (Wildman–Crippen LogP) is 3.12. The van der Waals surface area contributed by atoms with E-state index in [0.29, 0.717) is 23.1 Å². The third kappa shape index (κ3) is 3.60. The molecule has 0 radical (unpaired) electrons. The maximum atomic E-state index is 12.4. The summed E-state index contributed by atoms with van der Waals surface area (Å²) in [5.74, 6) is -0.157. The summed E-state index contributed by atoms with van der Waals surface area (Å²) < 4.78 is 24.7. The van der Waals surface area contributed by atoms with Gasteiger partial charge in [-0.3, -0.25) is 4.79 Å². The normalized spacial score (nSPS) is 10.9. The molecule has 0 heterocycles. The first-order valence-corrected chi connectivity index (χ1v) is 8.46. The molecule has 0 aliphatic heterocycles. The van der Waals surface area contributed by atoms with Crippen LogP contribution in [0.1, 0.15) is 34.8 Å². The topological polar surface area (TPSA) is 75.0 Å². The molecule has 0 aliphatic rings. The van der Waals surface area contributed by atoms with E-state index < -0.39 is 9.84 Å². The highest BCUT2D eigenvalue weighted by molar-refractivity contribution is 7.90. The van der Waals surface area contributed by atoms with Gasteiger partial charge in [-0.05, 0) is 29.8 Å². The maximum Gasteiger partial charge on any atom is 0.182 e. The van der Waals surface area contributed by atoms with Crippen LogP contribution in [0.15, 0.2) is 53.4 Å². The van der Waals surface area contributed by atoms with Crippen molar-refractivity contribution in [2.24, 2.45) is 0 Å². The van der Waals surface area contributed by atoms with Crippen molar-refractivity contribution in [2.45, 2.75) is 24.0 Å². The van der Waals surface area contributed by atoms with Crippen LogP contribution in [0.2, 0.25) is 0 Å². The second kappa shape index (κ2) is 6.54. The Kier molecular flexibility index (Phi) is 4.74. The van der Waals surface area contributed by atoms with Gasteiger partial charge in [0.25, 0.3) is 0 Å². The molecule has 0 fully saturated rings. The minimum Gasteiger partial charge on any atom is -0.294 e. The van der Waals surface area contributed by atoms with E-state index in [9.17, 15) is 13.2 Å². The number of hydrogen-bond acceptors (Lipinski definition) is 4. The Balaban J connectivity index is 2.22. The number of rotatable bonds is 5. The van der Waals surface area contributed by atoms with Crippen molar-refractivity contribution in [3.8, 4) is 6.07 Å². The lowest BCUT2D eigenvalue weighted by molar-refractivity contribution is 0.0988. The van der Waals surface area contributed by atoms with E-state index in [1.807, 2.05) is 6.07 Å². The first-order chi connectivity index (χ1) is 10.5. The summed E-state index contributed by atoms with van der Waals surface area (Å²) in [6.07, 6.45) is 0.386. The van der Waals surface area contributed by atoms with Crippen LogP contribution in [0, 0.1) is 11.3 Å². The summed E-state index contributed by atoms with van der Waals surface area (Å²) in [5.41, 5.74) is 1.62. The molecule has 0 atom stereocenters. The Bertz CT molecular complexity index is 814. The molecule has 2 aromatic rings. The number of hydrogen-bond donors (Lipinski definition) is 0. The summed E-state index contributed by atoms with van der Waals surface area (Å²) in [6.45, 7) is 1.76. The lowest BCUT2D eigenvalue weighted by atomic mass is 10.1. The van der Waals surface area contributed by atoms with Gasteiger partial charge in [0.2, 0.25) is 0 Å². The Morgan fingerprint density at radius 1 is 1.05 bits per heavy atom. The molecule has 0 spiro atoms. The molecule has 0 bridgehead atoms. The summed E-state index contributed by atoms with van der Waals surface area (Å²) >= 11 is 0. The van der Waals surface area contributed by atoms with Crippen LogP contribution in [-0.4, -0.2) is 14.2 Å². The van der Waals surface area contributed by atoms with Crippen LogP contribution >= 0.6 is 0 Å². The van der Waals surface area contributed by atoms with Crippen molar-refractivity contribution in [1.29, 1.82) is 5.26 Å². The number of carbonyl (C=O) groups excluding carboxylic acids is 1. The van der Waals surface area contributed by atoms with Crippen LogP contribution in [0.5, 0.6) is 0 Å². The Morgan fingerprint density at radius 2 is 1.64 bits per heavy atom. The highest BCUT2D eigenvalue weighted by Gasteiger charge is 2.16. The summed E-state index contributed by atoms with van der Waals surface area (Å²) in [5, 5.41) is 8.73. The van der Waals surface area contributed by atoms with Crippen LogP contribution in [0.4, 0.5) is 0 Å². The Hall–Kier alpha value is -2.45. The van der Waals surface area contributed by atoms with Crippen molar-refractivity contribution in [1.82, 2.24) is 0 Å². The standard InChI is InChI=1S/C17H15NO3S/c1-2-17(19)15-7-9-16(10-8-15)22(20,21)12-14-5-3-13(11-18)4-6-14/h3-10H,2,12H2,1H3. The average Bonchev–Trinajstić information content (AvgIpc) is 2.54. The van der Waals surface area contributed by atoms with Gasteiger partial charge in [-0.15, -0.1) is 0 Å². The van der Waals surface area contributed by atoms with Crippen molar-refractivity contribution in [3.05, 3.63) is 65.2 Å². The zero-order valence-electron chi connectivity index (χ0n) is 12.1. The molecule has 112 valence electrons. The van der Waals surface area contributed by atoms with Crippen LogP contribution in [-0.2, 0) is 15.6 Å². The highest BCUT2D eigenvalue weighted by Crippen LogP contribution is 2.18. The summed E-state index contributed by atoms with van der Waals surface area (Å²) in [7, 11) is -3.48. The number of nitrogens with zero attached hydrogens (tertiary/aromatic N) is 1. The predicted molar refractivity (Wildman–Crippen MR) is 83.1 cm³/mol. The van der Waals surface area contributed by atoms with Gasteiger partial charge in [-0.25, -0.2) is 8.42 Å². The number of benzene rings is 2. The number of nitriles is 1. The van der Waals surface area contributed by atoms with E-state index in [2.05, 4.69) is 0 Å². The zero-order valence-corrected chi connectivity index (χ0v) is 12.9. The summed E-state index contributed by atoms with van der Waals surface area (Å²) in [4.78, 5) is 11.7. The van der Waals surface area contributed by atoms with Gasteiger partial charge in [0.15, 0.2) is 15.6 Å². The highest BCUT2D eigenvalue weighted by atomic mass is 32.2. The van der Waals surface area contributed by atoms with Crippen molar-refractivity contribution < 1.29 is 13.2 Å². The number of ketones is 1. The summed E-state index contributed by atoms with van der Waals surface area (Å²) in [6, 6.07) is 14.4. The molecule has 2 aromatic carbocycles. The first-order valence-electron chi connectivity index (χ1n) is 6.81. The van der Waals surface area contributed by atoms with Gasteiger partial charge < -0.3 is 0 Å². The van der Waals surface area contributed by atoms with E-state index in [1.165, 1.54) is 24.3 Å². The Morgan fingerprint density at radius 3 is 2.14 bits per heavy atom. The lowest BCUT2D eigenvalue weighted by Crippen LogP contribution is -2.06. The second-order valence-corrected chi connectivity index (χ2v) is 6.86. The molecule has 22 heavy (non-hydrogen) atoms. The third-order valence-corrected chi connectivity index (χ3v) is 5.00. The van der Waals surface area contributed by atoms with Crippen LogP contribution < -0.4 is 0 Å². The van der Waals surface area contributed by atoms with E-state index >= 15 is 0 Å². The molecule has 0 aromatic heterocycles. The molecule has 2 rings (SSSR count). The Labute approximate surface area is 129 Å². The minimum atomic E-state index is -3.48. The molecule has 0 aliphatic carbocycles. The van der Waals surface area contributed by atoms with Gasteiger partial charge in [0, 0.05) is 12.0 Å². The third-order valence-electron chi connectivity index (χ3n) is 3.30. The molecule has 4 nitrogen and oxygen atoms in total. The SMILES string of the molecule is CCC(=O)c1ccc(S(=O)(=O)Cc2ccc(C#N)cc2)cc1. The fraction of sp³-hybridized carbons (Fsp3) is 0.176. The molecule has 0 N–H and O–H groups in total. The smallest absolute Gasteiger partial charge is 0.182 e. The van der Waals surface area contributed by atoms with Gasteiger partial charge in [-0.2, -0.15) is 5.26 Å². The molecule has 5 heteroatoms. The van der Waals surface area contributed by atoms with E-state index in [0.717, 1.165) is 0 Å². The van der Waals surface area contributed by atoms with Gasteiger partial charge in [-0.1, -0.05) is 31.2 Å². The van der Waals surface area contributed by atoms with Crippen molar-refractivity contribution >= 4 is 15.6 Å². The molecular formula is C17H15NO3S. The molecular weight excluding hydrogens is 298 g/mol. The van der Waals surface area contributed by atoms with Crippen LogP contribution in [0.3, 0.4) is 0 Å². The average molecular weight is 313 g/mol. The first kappa shape index (κ1) is 15.9. The maximum absolute atomic E-state index is 12.4. The largest absolute Gasteiger partial charge is 0.294 e.